The van der Waals surface area contributed by atoms with Gasteiger partial charge in [-0.15, -0.1) is 13.2 Å². The summed E-state index contributed by atoms with van der Waals surface area (Å²) in [6.07, 6.45) is 11.0. The Hall–Kier alpha value is -1.92. The van der Waals surface area contributed by atoms with E-state index in [4.69, 9.17) is 9.16 Å². The highest BCUT2D eigenvalue weighted by Crippen LogP contribution is 2.31. The number of aromatic nitrogens is 3. The van der Waals surface area contributed by atoms with Gasteiger partial charge in [0.25, 0.3) is 0 Å². The van der Waals surface area contributed by atoms with Crippen molar-refractivity contribution in [1.82, 2.24) is 30.5 Å². The van der Waals surface area contributed by atoms with Crippen molar-refractivity contribution in [2.45, 2.75) is 162 Å². The number of anilines is 1. The normalized spacial score (nSPS) is 22.1. The summed E-state index contributed by atoms with van der Waals surface area (Å²) in [5, 5.41) is 7.14. The van der Waals surface area contributed by atoms with Crippen LogP contribution < -0.4 is 15.5 Å². The predicted molar refractivity (Wildman–Crippen MR) is 202 cm³/mol. The van der Waals surface area contributed by atoms with Crippen LogP contribution >= 0.6 is 0 Å². The maximum absolute atomic E-state index is 12.9. The number of aryl methyl sites for hydroxylation is 1. The second kappa shape index (κ2) is 17.6. The van der Waals surface area contributed by atoms with Gasteiger partial charge in [-0.1, -0.05) is 26.7 Å². The monoisotopic (exact) mass is 680 g/mol. The lowest BCUT2D eigenvalue weighted by molar-refractivity contribution is -0.143. The molecule has 0 bridgehead atoms. The summed E-state index contributed by atoms with van der Waals surface area (Å²) in [5.41, 5.74) is -0.325. The molecule has 47 heavy (non-hydrogen) atoms. The molecule has 0 atom stereocenters. The SMILES string of the molecule is C.C=C.CO[Si](C)(C)COC1CC(C)(C)NC(C)(C)C1.Cc1ncnc(N(CCN2CC(C)(C)NC(C)(C)C2=O)C2CCCCC2)n1.[HH]. The number of amides is 1. The molecular formula is C36H73N7O3Si. The van der Waals surface area contributed by atoms with Crippen LogP contribution in [0.2, 0.25) is 13.1 Å². The van der Waals surface area contributed by atoms with E-state index in [0.29, 0.717) is 25.2 Å². The Balaban J connectivity index is 0.000000917. The van der Waals surface area contributed by atoms with Crippen LogP contribution in [0.5, 0.6) is 0 Å². The molecule has 2 saturated heterocycles. The Morgan fingerprint density at radius 1 is 0.979 bits per heavy atom. The Bertz CT molecular complexity index is 1100. The molecule has 1 aromatic rings. The van der Waals surface area contributed by atoms with E-state index in [2.05, 4.69) is 98.3 Å². The molecule has 274 valence electrons. The first-order valence-corrected chi connectivity index (χ1v) is 20.3. The van der Waals surface area contributed by atoms with Gasteiger partial charge in [0, 0.05) is 50.8 Å². The number of carbonyl (C=O) groups is 1. The van der Waals surface area contributed by atoms with Crippen LogP contribution in [0, 0.1) is 6.92 Å². The third-order valence-electron chi connectivity index (χ3n) is 8.99. The maximum Gasteiger partial charge on any atom is 0.242 e. The number of rotatable bonds is 9. The van der Waals surface area contributed by atoms with Crippen LogP contribution in [0.1, 0.15) is 115 Å². The molecule has 3 heterocycles. The van der Waals surface area contributed by atoms with Crippen molar-refractivity contribution in [1.29, 1.82) is 0 Å². The van der Waals surface area contributed by atoms with Gasteiger partial charge in [-0.05, 0) is 101 Å². The van der Waals surface area contributed by atoms with Crippen molar-refractivity contribution in [2.24, 2.45) is 0 Å². The second-order valence-corrected chi connectivity index (χ2v) is 20.6. The molecular weight excluding hydrogens is 607 g/mol. The minimum Gasteiger partial charge on any atom is -0.418 e. The first-order chi connectivity index (χ1) is 21.2. The van der Waals surface area contributed by atoms with Crippen molar-refractivity contribution in [3.8, 4) is 0 Å². The van der Waals surface area contributed by atoms with Crippen molar-refractivity contribution in [3.05, 3.63) is 25.3 Å². The van der Waals surface area contributed by atoms with Crippen LogP contribution in [0.15, 0.2) is 19.5 Å². The third-order valence-corrected chi connectivity index (χ3v) is 11.0. The largest absolute Gasteiger partial charge is 0.418 e. The van der Waals surface area contributed by atoms with E-state index in [-0.39, 0.29) is 31.4 Å². The van der Waals surface area contributed by atoms with Gasteiger partial charge in [0.2, 0.25) is 20.2 Å². The fourth-order valence-electron chi connectivity index (χ4n) is 7.36. The van der Waals surface area contributed by atoms with Crippen LogP contribution in [0.3, 0.4) is 0 Å². The van der Waals surface area contributed by atoms with Crippen molar-refractivity contribution >= 4 is 20.2 Å². The van der Waals surface area contributed by atoms with Gasteiger partial charge < -0.3 is 24.3 Å². The third kappa shape index (κ3) is 13.8. The lowest BCUT2D eigenvalue weighted by Crippen LogP contribution is -2.70. The lowest BCUT2D eigenvalue weighted by Gasteiger charge is -2.48. The molecule has 3 aliphatic rings. The number of nitrogens with one attached hydrogen (secondary N) is 2. The highest BCUT2D eigenvalue weighted by Gasteiger charge is 2.43. The zero-order valence-corrected chi connectivity index (χ0v) is 32.4. The number of piperazine rings is 1. The first-order valence-electron chi connectivity index (χ1n) is 17.2. The fourth-order valence-corrected chi connectivity index (χ4v) is 8.11. The van der Waals surface area contributed by atoms with Crippen LogP contribution in [0.25, 0.3) is 0 Å². The highest BCUT2D eigenvalue weighted by atomic mass is 28.4. The molecule has 1 saturated carbocycles. The second-order valence-electron chi connectivity index (χ2n) is 16.4. The summed E-state index contributed by atoms with van der Waals surface area (Å²) < 4.78 is 11.6. The van der Waals surface area contributed by atoms with E-state index < -0.39 is 13.9 Å². The molecule has 10 nitrogen and oxygen atoms in total. The summed E-state index contributed by atoms with van der Waals surface area (Å²) >= 11 is 0. The molecule has 0 unspecified atom stereocenters. The molecule has 2 N–H and O–H groups in total. The number of ether oxygens (including phenoxy) is 1. The lowest BCUT2D eigenvalue weighted by atomic mass is 9.81. The number of piperidine rings is 1. The number of hydrogen-bond donors (Lipinski definition) is 2. The van der Waals surface area contributed by atoms with E-state index in [1.165, 1.54) is 19.3 Å². The van der Waals surface area contributed by atoms with E-state index in [0.717, 1.165) is 50.2 Å². The van der Waals surface area contributed by atoms with Gasteiger partial charge in [-0.3, -0.25) is 10.1 Å². The average Bonchev–Trinajstić information content (AvgIpc) is 2.94. The van der Waals surface area contributed by atoms with Gasteiger partial charge in [0.15, 0.2) is 0 Å². The Kier molecular flexibility index (Phi) is 16.2. The fraction of sp³-hybridized carbons (Fsp3) is 0.833. The van der Waals surface area contributed by atoms with E-state index in [1.54, 1.807) is 13.4 Å². The molecule has 1 aliphatic carbocycles. The molecule has 2 aliphatic heterocycles. The Labute approximate surface area is 290 Å². The summed E-state index contributed by atoms with van der Waals surface area (Å²) in [4.78, 5) is 30.4. The Morgan fingerprint density at radius 2 is 1.55 bits per heavy atom. The van der Waals surface area contributed by atoms with Crippen molar-refractivity contribution < 1.29 is 15.4 Å². The molecule has 0 spiro atoms. The van der Waals surface area contributed by atoms with Crippen molar-refractivity contribution in [3.63, 3.8) is 0 Å². The molecule has 4 rings (SSSR count). The number of carbonyl (C=O) groups excluding carboxylic acids is 1. The van der Waals surface area contributed by atoms with E-state index >= 15 is 0 Å². The molecule has 1 amide bonds. The highest BCUT2D eigenvalue weighted by molar-refractivity contribution is 6.71. The van der Waals surface area contributed by atoms with Crippen LogP contribution in [-0.2, 0) is 14.0 Å². The summed E-state index contributed by atoms with van der Waals surface area (Å²) in [7, 11) is 0.201. The van der Waals surface area contributed by atoms with Gasteiger partial charge in [-0.2, -0.15) is 4.98 Å². The average molecular weight is 680 g/mol. The standard InChI is InChI=1S/C20H34N6O.C13H29NO2Si.C2H4.CH4.H2/c1-15-21-14-22-18(23-15)26(16-9-7-6-8-10-16)12-11-25-13-19(2,3)24-20(4,5)17(25)27;1-12(2)8-11(9-13(3,4)14-12)16-10-17(6,7)15-5;1-2;;/h14,16,24H,6-13H2,1-5H3;11,14H,8-10H2,1-7H3;1-2H2;1H4;1H. The summed E-state index contributed by atoms with van der Waals surface area (Å²) in [5.74, 6) is 1.65. The zero-order valence-electron chi connectivity index (χ0n) is 31.4. The number of hydrogen-bond acceptors (Lipinski definition) is 9. The van der Waals surface area contributed by atoms with E-state index in [1.807, 2.05) is 25.7 Å². The van der Waals surface area contributed by atoms with Crippen LogP contribution in [-0.4, -0.2) is 101 Å². The van der Waals surface area contributed by atoms with Crippen LogP contribution in [0.4, 0.5) is 5.95 Å². The molecule has 3 fully saturated rings. The smallest absolute Gasteiger partial charge is 0.242 e. The minimum absolute atomic E-state index is 0. The summed E-state index contributed by atoms with van der Waals surface area (Å²) in [6, 6.07) is 0.444. The topological polar surface area (TPSA) is 105 Å². The van der Waals surface area contributed by atoms with Gasteiger partial charge in [0.05, 0.1) is 17.9 Å². The quantitative estimate of drug-likeness (QED) is 0.218. The molecule has 1 aromatic heterocycles. The predicted octanol–water partition coefficient (Wildman–Crippen LogP) is 6.70. The summed E-state index contributed by atoms with van der Waals surface area (Å²) in [6.45, 7) is 31.7. The van der Waals surface area contributed by atoms with E-state index in [9.17, 15) is 4.79 Å². The zero-order chi connectivity index (χ0) is 35.0. The molecule has 0 radical (unpaired) electrons. The number of nitrogens with zero attached hydrogens (tertiary/aromatic N) is 5. The van der Waals surface area contributed by atoms with Gasteiger partial charge in [0.1, 0.15) is 12.2 Å². The molecule has 11 heteroatoms. The van der Waals surface area contributed by atoms with Crippen molar-refractivity contribution in [2.75, 3.05) is 37.9 Å². The Morgan fingerprint density at radius 3 is 2.09 bits per heavy atom. The van der Waals surface area contributed by atoms with Gasteiger partial charge >= 0.3 is 0 Å². The minimum atomic E-state index is -1.60. The first kappa shape index (κ1) is 43.1. The van der Waals surface area contributed by atoms with Gasteiger partial charge in [-0.25, -0.2) is 9.97 Å². The molecule has 0 aromatic carbocycles. The maximum atomic E-state index is 12.9.